The maximum absolute atomic E-state index is 4.09. The van der Waals surface area contributed by atoms with Crippen LogP contribution >= 0.6 is 0 Å². The summed E-state index contributed by atoms with van der Waals surface area (Å²) in [5, 5.41) is 3.82. The molecule has 2 atom stereocenters. The molecule has 1 aromatic carbocycles. The highest BCUT2D eigenvalue weighted by atomic mass is 15.0. The predicted octanol–water partition coefficient (Wildman–Crippen LogP) is 4.10. The Balaban J connectivity index is 1.69. The van der Waals surface area contributed by atoms with Gasteiger partial charge in [-0.15, -0.1) is 0 Å². The van der Waals surface area contributed by atoms with Crippen molar-refractivity contribution >= 4 is 0 Å². The molecule has 112 valence electrons. The first kappa shape index (κ1) is 14.3. The zero-order chi connectivity index (χ0) is 14.9. The van der Waals surface area contributed by atoms with Gasteiger partial charge in [0.25, 0.3) is 0 Å². The third-order valence-corrected chi connectivity index (χ3v) is 4.90. The highest BCUT2D eigenvalue weighted by Crippen LogP contribution is 2.38. The molecule has 3 nitrogen and oxygen atoms in total. The van der Waals surface area contributed by atoms with Gasteiger partial charge >= 0.3 is 0 Å². The third kappa shape index (κ3) is 3.03. The monoisotopic (exact) mass is 283 g/mol. The average molecular weight is 283 g/mol. The fourth-order valence-electron chi connectivity index (χ4n) is 3.38. The molecule has 0 radical (unpaired) electrons. The summed E-state index contributed by atoms with van der Waals surface area (Å²) in [5.74, 6) is 0. The molecule has 1 aromatic heterocycles. The van der Waals surface area contributed by atoms with E-state index in [0.29, 0.717) is 17.5 Å². The smallest absolute Gasteiger partial charge is 0.0991 e. The highest BCUT2D eigenvalue weighted by molar-refractivity contribution is 5.35. The highest BCUT2D eigenvalue weighted by Gasteiger charge is 2.34. The summed E-state index contributed by atoms with van der Waals surface area (Å²) in [6.07, 6.45) is 9.58. The van der Waals surface area contributed by atoms with Crippen molar-refractivity contribution in [2.24, 2.45) is 5.41 Å². The number of rotatable bonds is 4. The molecular weight excluding hydrogens is 258 g/mol. The molecule has 0 aliphatic heterocycles. The molecular formula is C18H25N3. The number of nitrogens with one attached hydrogen (secondary N) is 1. The minimum Gasteiger partial charge on any atom is -0.307 e. The van der Waals surface area contributed by atoms with Crippen LogP contribution in [0.1, 0.15) is 51.6 Å². The van der Waals surface area contributed by atoms with Gasteiger partial charge in [-0.05, 0) is 42.9 Å². The Labute approximate surface area is 127 Å². The Morgan fingerprint density at radius 2 is 2.05 bits per heavy atom. The van der Waals surface area contributed by atoms with Crippen molar-refractivity contribution in [1.82, 2.24) is 14.9 Å². The van der Waals surface area contributed by atoms with Crippen LogP contribution in [-0.2, 0) is 0 Å². The van der Waals surface area contributed by atoms with Crippen LogP contribution in [0.25, 0.3) is 5.69 Å². The zero-order valence-electron chi connectivity index (χ0n) is 13.2. The fraction of sp³-hybridized carbons (Fsp3) is 0.500. The Morgan fingerprint density at radius 3 is 2.62 bits per heavy atom. The van der Waals surface area contributed by atoms with Crippen molar-refractivity contribution in [2.75, 3.05) is 0 Å². The van der Waals surface area contributed by atoms with Gasteiger partial charge in [-0.25, -0.2) is 4.98 Å². The normalized spacial score (nSPS) is 22.3. The number of aromatic nitrogens is 2. The SMILES string of the molecule is CC(NC1CCCC1(C)C)c1ccc(-n2ccnc2)cc1. The predicted molar refractivity (Wildman–Crippen MR) is 86.5 cm³/mol. The van der Waals surface area contributed by atoms with E-state index in [4.69, 9.17) is 0 Å². The average Bonchev–Trinajstić information content (AvgIpc) is 3.10. The van der Waals surface area contributed by atoms with Crippen molar-refractivity contribution in [3.05, 3.63) is 48.5 Å². The largest absolute Gasteiger partial charge is 0.307 e. The van der Waals surface area contributed by atoms with E-state index in [0.717, 1.165) is 5.69 Å². The summed E-state index contributed by atoms with van der Waals surface area (Å²) in [4.78, 5) is 4.09. The quantitative estimate of drug-likeness (QED) is 0.915. The number of imidazole rings is 1. The third-order valence-electron chi connectivity index (χ3n) is 4.90. The van der Waals surface area contributed by atoms with Crippen molar-refractivity contribution in [3.8, 4) is 5.69 Å². The van der Waals surface area contributed by atoms with Gasteiger partial charge in [0.1, 0.15) is 0 Å². The van der Waals surface area contributed by atoms with E-state index in [1.165, 1.54) is 24.8 Å². The molecule has 2 unspecified atom stereocenters. The van der Waals surface area contributed by atoms with Gasteiger partial charge in [0, 0.05) is 30.2 Å². The number of nitrogens with zero attached hydrogens (tertiary/aromatic N) is 2. The summed E-state index contributed by atoms with van der Waals surface area (Å²) in [5.41, 5.74) is 2.93. The molecule has 1 saturated carbocycles. The van der Waals surface area contributed by atoms with Crippen LogP contribution in [0.4, 0.5) is 0 Å². The summed E-state index contributed by atoms with van der Waals surface area (Å²) < 4.78 is 2.03. The maximum atomic E-state index is 4.09. The first-order valence-electron chi connectivity index (χ1n) is 7.90. The molecule has 1 aliphatic carbocycles. The second-order valence-corrected chi connectivity index (χ2v) is 6.88. The Morgan fingerprint density at radius 1 is 1.29 bits per heavy atom. The van der Waals surface area contributed by atoms with E-state index >= 15 is 0 Å². The van der Waals surface area contributed by atoms with Crippen LogP contribution in [-0.4, -0.2) is 15.6 Å². The number of benzene rings is 1. The van der Waals surface area contributed by atoms with Crippen LogP contribution < -0.4 is 5.32 Å². The molecule has 0 bridgehead atoms. The van der Waals surface area contributed by atoms with E-state index in [-0.39, 0.29) is 0 Å². The van der Waals surface area contributed by atoms with Gasteiger partial charge in [0.15, 0.2) is 0 Å². The van der Waals surface area contributed by atoms with E-state index in [2.05, 4.69) is 55.3 Å². The lowest BCUT2D eigenvalue weighted by atomic mass is 9.86. The standard InChI is InChI=1S/C18H25N3/c1-14(20-17-5-4-10-18(17,2)3)15-6-8-16(9-7-15)21-12-11-19-13-21/h6-9,11-14,17,20H,4-5,10H2,1-3H3. The van der Waals surface area contributed by atoms with Crippen molar-refractivity contribution in [2.45, 2.75) is 52.1 Å². The second-order valence-electron chi connectivity index (χ2n) is 6.88. The molecule has 0 saturated heterocycles. The summed E-state index contributed by atoms with van der Waals surface area (Å²) in [6, 6.07) is 9.78. The van der Waals surface area contributed by atoms with Crippen LogP contribution in [0.5, 0.6) is 0 Å². The van der Waals surface area contributed by atoms with Gasteiger partial charge in [0.2, 0.25) is 0 Å². The van der Waals surface area contributed by atoms with Gasteiger partial charge < -0.3 is 9.88 Å². The van der Waals surface area contributed by atoms with Gasteiger partial charge in [-0.3, -0.25) is 0 Å². The summed E-state index contributed by atoms with van der Waals surface area (Å²) in [7, 11) is 0. The Bertz CT molecular complexity index is 569. The molecule has 2 aromatic rings. The molecule has 0 spiro atoms. The van der Waals surface area contributed by atoms with Crippen LogP contribution in [0.2, 0.25) is 0 Å². The lowest BCUT2D eigenvalue weighted by Gasteiger charge is -2.31. The number of hydrogen-bond acceptors (Lipinski definition) is 2. The first-order chi connectivity index (χ1) is 10.1. The molecule has 21 heavy (non-hydrogen) atoms. The minimum atomic E-state index is 0.393. The van der Waals surface area contributed by atoms with Gasteiger partial charge in [-0.1, -0.05) is 32.4 Å². The molecule has 1 heterocycles. The molecule has 1 aliphatic rings. The lowest BCUT2D eigenvalue weighted by molar-refractivity contribution is 0.266. The Kier molecular flexibility index (Phi) is 3.85. The van der Waals surface area contributed by atoms with Gasteiger partial charge in [-0.2, -0.15) is 0 Å². The second kappa shape index (κ2) is 5.64. The van der Waals surface area contributed by atoms with E-state index < -0.39 is 0 Å². The first-order valence-corrected chi connectivity index (χ1v) is 7.90. The van der Waals surface area contributed by atoms with Crippen molar-refractivity contribution in [3.63, 3.8) is 0 Å². The molecule has 1 N–H and O–H groups in total. The molecule has 0 amide bonds. The van der Waals surface area contributed by atoms with E-state index in [1.54, 1.807) is 6.20 Å². The molecule has 1 fully saturated rings. The van der Waals surface area contributed by atoms with Crippen LogP contribution in [0, 0.1) is 5.41 Å². The summed E-state index contributed by atoms with van der Waals surface area (Å²) >= 11 is 0. The van der Waals surface area contributed by atoms with Crippen molar-refractivity contribution in [1.29, 1.82) is 0 Å². The minimum absolute atomic E-state index is 0.393. The zero-order valence-corrected chi connectivity index (χ0v) is 13.2. The topological polar surface area (TPSA) is 29.9 Å². The maximum Gasteiger partial charge on any atom is 0.0991 e. The summed E-state index contributed by atoms with van der Waals surface area (Å²) in [6.45, 7) is 7.03. The Hall–Kier alpha value is -1.61. The fourth-order valence-corrected chi connectivity index (χ4v) is 3.38. The van der Waals surface area contributed by atoms with Crippen LogP contribution in [0.3, 0.4) is 0 Å². The van der Waals surface area contributed by atoms with Gasteiger partial charge in [0.05, 0.1) is 6.33 Å². The number of hydrogen-bond donors (Lipinski definition) is 1. The van der Waals surface area contributed by atoms with E-state index in [1.807, 2.05) is 17.1 Å². The molecule has 3 heteroatoms. The van der Waals surface area contributed by atoms with Crippen LogP contribution in [0.15, 0.2) is 43.0 Å². The molecule has 3 rings (SSSR count). The lowest BCUT2D eigenvalue weighted by Crippen LogP contribution is -2.39. The van der Waals surface area contributed by atoms with E-state index in [9.17, 15) is 0 Å². The van der Waals surface area contributed by atoms with Crippen molar-refractivity contribution < 1.29 is 0 Å².